The van der Waals surface area contributed by atoms with Gasteiger partial charge in [-0.1, -0.05) is 0 Å². The molecule has 2 N–H and O–H groups in total. The third-order valence-electron chi connectivity index (χ3n) is 12.7. The quantitative estimate of drug-likeness (QED) is 0.153. The summed E-state index contributed by atoms with van der Waals surface area (Å²) in [6.07, 6.45) is 3.25. The number of ether oxygens (including phenoxy) is 4. The van der Waals surface area contributed by atoms with Gasteiger partial charge in [-0.2, -0.15) is 0 Å². The Kier molecular flexibility index (Phi) is 13.9. The number of benzene rings is 2. The fourth-order valence-electron chi connectivity index (χ4n) is 9.97. The second-order valence-electron chi connectivity index (χ2n) is 16.4. The Hall–Kier alpha value is -4.00. The molecule has 12 nitrogen and oxygen atoms in total. The standard InChI is InChI=1S/2C21H28F3N3O3/c2*1-2-29-16-5-3-14(4-6-16)26-11-9-15(10-12-26)27-19-13-17(30-21(22,23)24)7-8-18(19)25-20(27)28/h2*7-8,13-16H,2-6,9-12H2,1H3,(H,25,28). The number of halogens is 6. The summed E-state index contributed by atoms with van der Waals surface area (Å²) < 4.78 is 98.2. The molecule has 4 heterocycles. The third-order valence-corrected chi connectivity index (χ3v) is 12.7. The molecule has 0 atom stereocenters. The second kappa shape index (κ2) is 18.9. The van der Waals surface area contributed by atoms with Crippen LogP contribution < -0.4 is 20.9 Å². The summed E-state index contributed by atoms with van der Waals surface area (Å²) in [6, 6.07) is 8.97. The number of aromatic amines is 2. The molecule has 60 heavy (non-hydrogen) atoms. The summed E-state index contributed by atoms with van der Waals surface area (Å²) >= 11 is 0. The van der Waals surface area contributed by atoms with Crippen LogP contribution in [0, 0.1) is 0 Å². The summed E-state index contributed by atoms with van der Waals surface area (Å²) in [5.74, 6) is -0.627. The molecular formula is C42H56F6N6O6. The molecule has 4 aromatic rings. The molecule has 0 radical (unpaired) electrons. The van der Waals surface area contributed by atoms with Gasteiger partial charge in [0.25, 0.3) is 0 Å². The van der Waals surface area contributed by atoms with E-state index in [1.165, 1.54) is 36.4 Å². The fraction of sp³-hybridized carbons (Fsp3) is 0.667. The molecule has 4 aliphatic rings. The number of hydrogen-bond donors (Lipinski definition) is 2. The number of hydrogen-bond acceptors (Lipinski definition) is 8. The summed E-state index contributed by atoms with van der Waals surface area (Å²) in [7, 11) is 0. The van der Waals surface area contributed by atoms with Gasteiger partial charge in [0.05, 0.1) is 34.3 Å². The highest BCUT2D eigenvalue weighted by Gasteiger charge is 2.35. The number of imidazole rings is 2. The van der Waals surface area contributed by atoms with Gasteiger partial charge in [0.15, 0.2) is 0 Å². The lowest BCUT2D eigenvalue weighted by atomic mass is 9.90. The number of alkyl halides is 6. The molecular weight excluding hydrogens is 798 g/mol. The van der Waals surface area contributed by atoms with E-state index in [9.17, 15) is 35.9 Å². The maximum atomic E-state index is 12.6. The minimum atomic E-state index is -4.76. The number of aromatic nitrogens is 4. The van der Waals surface area contributed by atoms with E-state index in [0.717, 1.165) is 116 Å². The van der Waals surface area contributed by atoms with Gasteiger partial charge >= 0.3 is 24.1 Å². The first-order chi connectivity index (χ1) is 28.7. The zero-order chi connectivity index (χ0) is 42.6. The van der Waals surface area contributed by atoms with Crippen molar-refractivity contribution in [2.24, 2.45) is 0 Å². The number of likely N-dealkylation sites (tertiary alicyclic amines) is 2. The highest BCUT2D eigenvalue weighted by molar-refractivity contribution is 5.78. The molecule has 0 amide bonds. The number of piperidine rings is 2. The SMILES string of the molecule is CCOC1CCC(N2CCC(n3c(=O)[nH]c4ccc(OC(F)(F)F)cc43)CC2)CC1.CCOC1CCC(N2CCC(n3c(=O)[nH]c4ccc(OC(F)(F)F)cc43)CC2)CC1. The van der Waals surface area contributed by atoms with E-state index in [-0.39, 0.29) is 35.0 Å². The van der Waals surface area contributed by atoms with Gasteiger partial charge in [0.2, 0.25) is 0 Å². The Balaban J connectivity index is 0.000000181. The Labute approximate surface area is 344 Å². The van der Waals surface area contributed by atoms with Gasteiger partial charge in [0, 0.05) is 75.7 Å². The van der Waals surface area contributed by atoms with Gasteiger partial charge < -0.3 is 38.7 Å². The van der Waals surface area contributed by atoms with Crippen molar-refractivity contribution in [2.75, 3.05) is 39.4 Å². The van der Waals surface area contributed by atoms with Crippen molar-refractivity contribution < 1.29 is 45.3 Å². The number of rotatable bonds is 10. The van der Waals surface area contributed by atoms with Crippen LogP contribution >= 0.6 is 0 Å². The highest BCUT2D eigenvalue weighted by atomic mass is 19.4. The maximum absolute atomic E-state index is 12.6. The summed E-state index contributed by atoms with van der Waals surface area (Å²) in [6.45, 7) is 9.10. The van der Waals surface area contributed by atoms with Crippen molar-refractivity contribution in [1.29, 1.82) is 0 Å². The lowest BCUT2D eigenvalue weighted by molar-refractivity contribution is -0.275. The first-order valence-electron chi connectivity index (χ1n) is 21.4. The molecule has 2 aromatic heterocycles. The van der Waals surface area contributed by atoms with E-state index in [0.29, 0.717) is 46.4 Å². The van der Waals surface area contributed by atoms with Crippen LogP contribution in [0.5, 0.6) is 11.5 Å². The van der Waals surface area contributed by atoms with E-state index in [4.69, 9.17) is 9.47 Å². The Morgan fingerprint density at radius 1 is 0.533 bits per heavy atom. The second-order valence-corrected chi connectivity index (χ2v) is 16.4. The first kappa shape index (κ1) is 44.1. The number of nitrogens with zero attached hydrogens (tertiary/aromatic N) is 4. The van der Waals surface area contributed by atoms with Crippen molar-refractivity contribution in [1.82, 2.24) is 28.9 Å². The Morgan fingerprint density at radius 3 is 1.20 bits per heavy atom. The Morgan fingerprint density at radius 2 is 0.883 bits per heavy atom. The van der Waals surface area contributed by atoms with Crippen molar-refractivity contribution in [2.45, 2.75) is 140 Å². The molecule has 2 aromatic carbocycles. The molecule has 2 aliphatic heterocycles. The van der Waals surface area contributed by atoms with Crippen LogP contribution in [0.1, 0.15) is 103 Å². The van der Waals surface area contributed by atoms with Crippen LogP contribution in [0.15, 0.2) is 46.0 Å². The molecule has 332 valence electrons. The third kappa shape index (κ3) is 10.9. The van der Waals surface area contributed by atoms with Crippen LogP contribution in [-0.2, 0) is 9.47 Å². The van der Waals surface area contributed by atoms with E-state index < -0.39 is 12.7 Å². The Bertz CT molecular complexity index is 1970. The van der Waals surface area contributed by atoms with Crippen molar-refractivity contribution >= 4 is 22.1 Å². The van der Waals surface area contributed by atoms with Crippen molar-refractivity contribution in [3.05, 3.63) is 57.4 Å². The van der Waals surface area contributed by atoms with Gasteiger partial charge in [-0.15, -0.1) is 26.3 Å². The van der Waals surface area contributed by atoms with E-state index in [1.807, 2.05) is 13.8 Å². The minimum Gasteiger partial charge on any atom is -0.406 e. The molecule has 0 bridgehead atoms. The lowest BCUT2D eigenvalue weighted by Gasteiger charge is -2.40. The summed E-state index contributed by atoms with van der Waals surface area (Å²) in [5.41, 5.74) is 1.38. The minimum absolute atomic E-state index is 0.0385. The van der Waals surface area contributed by atoms with E-state index >= 15 is 0 Å². The highest BCUT2D eigenvalue weighted by Crippen LogP contribution is 2.35. The zero-order valence-corrected chi connectivity index (χ0v) is 34.2. The van der Waals surface area contributed by atoms with Gasteiger partial charge in [0.1, 0.15) is 11.5 Å². The van der Waals surface area contributed by atoms with Crippen LogP contribution in [0.3, 0.4) is 0 Å². The first-order valence-corrected chi connectivity index (χ1v) is 21.4. The zero-order valence-electron chi connectivity index (χ0n) is 34.2. The molecule has 8 rings (SSSR count). The van der Waals surface area contributed by atoms with Crippen LogP contribution in [0.4, 0.5) is 26.3 Å². The van der Waals surface area contributed by atoms with E-state index in [2.05, 4.69) is 29.2 Å². The number of nitrogens with one attached hydrogen (secondary N) is 2. The molecule has 18 heteroatoms. The van der Waals surface area contributed by atoms with Crippen molar-refractivity contribution in [3.8, 4) is 11.5 Å². The average Bonchev–Trinajstić information content (AvgIpc) is 3.72. The maximum Gasteiger partial charge on any atom is 0.573 e. The average molecular weight is 855 g/mol. The van der Waals surface area contributed by atoms with Gasteiger partial charge in [-0.25, -0.2) is 9.59 Å². The topological polar surface area (TPSA) is 119 Å². The normalized spacial score (nSPS) is 24.4. The van der Waals surface area contributed by atoms with Crippen molar-refractivity contribution in [3.63, 3.8) is 0 Å². The van der Waals surface area contributed by atoms with Crippen LogP contribution in [-0.4, -0.2) is 105 Å². The lowest BCUT2D eigenvalue weighted by Crippen LogP contribution is -2.45. The largest absolute Gasteiger partial charge is 0.573 e. The van der Waals surface area contributed by atoms with Gasteiger partial charge in [-0.3, -0.25) is 9.13 Å². The summed E-state index contributed by atoms with van der Waals surface area (Å²) in [5, 5.41) is 0. The van der Waals surface area contributed by atoms with Crippen LogP contribution in [0.25, 0.3) is 22.1 Å². The molecule has 4 fully saturated rings. The molecule has 2 saturated heterocycles. The fourth-order valence-corrected chi connectivity index (χ4v) is 9.97. The monoisotopic (exact) mass is 854 g/mol. The number of H-pyrrole nitrogens is 2. The molecule has 0 unspecified atom stereocenters. The van der Waals surface area contributed by atoms with Gasteiger partial charge in [-0.05, 0) is 115 Å². The molecule has 2 aliphatic carbocycles. The predicted octanol–water partition coefficient (Wildman–Crippen LogP) is 8.43. The molecule has 0 spiro atoms. The number of fused-ring (bicyclic) bond motifs is 2. The summed E-state index contributed by atoms with van der Waals surface area (Å²) in [4.78, 5) is 35.6. The molecule has 2 saturated carbocycles. The van der Waals surface area contributed by atoms with Crippen LogP contribution in [0.2, 0.25) is 0 Å². The predicted molar refractivity (Wildman–Crippen MR) is 214 cm³/mol. The smallest absolute Gasteiger partial charge is 0.406 e. The van der Waals surface area contributed by atoms with E-state index in [1.54, 1.807) is 9.13 Å².